The van der Waals surface area contributed by atoms with Crippen molar-refractivity contribution in [3.05, 3.63) is 57.3 Å². The molecule has 0 bridgehead atoms. The Morgan fingerprint density at radius 3 is 2.67 bits per heavy atom. The second-order valence-electron chi connectivity index (χ2n) is 4.18. The van der Waals surface area contributed by atoms with Gasteiger partial charge in [-0.1, -0.05) is 34.1 Å². The molecule has 0 unspecified atom stereocenters. The molecule has 0 saturated heterocycles. The van der Waals surface area contributed by atoms with Crippen LogP contribution in [0.1, 0.15) is 27.3 Å². The quantitative estimate of drug-likeness (QED) is 0.817. The number of rotatable bonds is 3. The number of aromatic nitrogens is 2. The first-order valence-corrected chi connectivity index (χ1v) is 6.45. The van der Waals surface area contributed by atoms with Crippen molar-refractivity contribution in [1.82, 2.24) is 10.2 Å². The number of hydrogen-bond acceptors (Lipinski definition) is 3. The standard InChI is InChI=1S/C14H13BrN2O/c1-9-7-12(10(2)17-16-9)14(18)8-11-5-3-4-6-13(11)15/h3-7H,8H2,1-2H3. The first kappa shape index (κ1) is 12.9. The highest BCUT2D eigenvalue weighted by atomic mass is 79.9. The lowest BCUT2D eigenvalue weighted by Gasteiger charge is -2.06. The van der Waals surface area contributed by atoms with Crippen LogP contribution in [0, 0.1) is 13.8 Å². The van der Waals surface area contributed by atoms with Gasteiger partial charge >= 0.3 is 0 Å². The van der Waals surface area contributed by atoms with Crippen molar-refractivity contribution in [3.63, 3.8) is 0 Å². The summed E-state index contributed by atoms with van der Waals surface area (Å²) in [5, 5.41) is 7.92. The van der Waals surface area contributed by atoms with Crippen LogP contribution < -0.4 is 0 Å². The lowest BCUT2D eigenvalue weighted by atomic mass is 10.0. The van der Waals surface area contributed by atoms with E-state index in [0.717, 1.165) is 15.7 Å². The largest absolute Gasteiger partial charge is 0.294 e. The van der Waals surface area contributed by atoms with E-state index in [0.29, 0.717) is 17.7 Å². The number of Topliss-reactive ketones (excluding diaryl/α,β-unsaturated/α-hetero) is 1. The topological polar surface area (TPSA) is 42.9 Å². The summed E-state index contributed by atoms with van der Waals surface area (Å²) in [4.78, 5) is 12.3. The number of halogens is 1. The second-order valence-corrected chi connectivity index (χ2v) is 5.03. The van der Waals surface area contributed by atoms with E-state index in [9.17, 15) is 4.79 Å². The molecule has 0 atom stereocenters. The summed E-state index contributed by atoms with van der Waals surface area (Å²) >= 11 is 3.45. The van der Waals surface area contributed by atoms with Crippen LogP contribution in [0.2, 0.25) is 0 Å². The highest BCUT2D eigenvalue weighted by Crippen LogP contribution is 2.18. The average molecular weight is 305 g/mol. The number of aryl methyl sites for hydroxylation is 2. The van der Waals surface area contributed by atoms with E-state index in [2.05, 4.69) is 26.1 Å². The Morgan fingerprint density at radius 1 is 1.22 bits per heavy atom. The van der Waals surface area contributed by atoms with Gasteiger partial charge in [0.15, 0.2) is 5.78 Å². The number of nitrogens with zero attached hydrogens (tertiary/aromatic N) is 2. The molecule has 18 heavy (non-hydrogen) atoms. The molecule has 2 aromatic rings. The molecule has 0 amide bonds. The third-order valence-corrected chi connectivity index (χ3v) is 3.48. The Labute approximate surface area is 114 Å². The van der Waals surface area contributed by atoms with Crippen molar-refractivity contribution in [2.75, 3.05) is 0 Å². The van der Waals surface area contributed by atoms with Crippen LogP contribution in [0.25, 0.3) is 0 Å². The van der Waals surface area contributed by atoms with Gasteiger partial charge < -0.3 is 0 Å². The minimum absolute atomic E-state index is 0.0670. The van der Waals surface area contributed by atoms with Crippen LogP contribution in [0.3, 0.4) is 0 Å². The lowest BCUT2D eigenvalue weighted by Crippen LogP contribution is -2.09. The third-order valence-electron chi connectivity index (χ3n) is 2.71. The summed E-state index contributed by atoms with van der Waals surface area (Å²) in [6, 6.07) is 9.53. The minimum Gasteiger partial charge on any atom is -0.294 e. The Hall–Kier alpha value is -1.55. The fraction of sp³-hybridized carbons (Fsp3) is 0.214. The van der Waals surface area contributed by atoms with Crippen LogP contribution in [0.4, 0.5) is 0 Å². The number of benzene rings is 1. The molecule has 1 heterocycles. The Kier molecular flexibility index (Phi) is 3.87. The molecule has 1 aromatic heterocycles. The maximum absolute atomic E-state index is 12.3. The van der Waals surface area contributed by atoms with E-state index in [1.165, 1.54) is 0 Å². The normalized spacial score (nSPS) is 10.4. The zero-order chi connectivity index (χ0) is 13.1. The van der Waals surface area contributed by atoms with E-state index in [4.69, 9.17) is 0 Å². The summed E-state index contributed by atoms with van der Waals surface area (Å²) in [7, 11) is 0. The molecule has 0 fully saturated rings. The third kappa shape index (κ3) is 2.82. The van der Waals surface area contributed by atoms with Crippen molar-refractivity contribution >= 4 is 21.7 Å². The Bertz CT molecular complexity index is 596. The van der Waals surface area contributed by atoms with Crippen LogP contribution in [0.15, 0.2) is 34.8 Å². The molecule has 4 heteroatoms. The van der Waals surface area contributed by atoms with Gasteiger partial charge in [-0.3, -0.25) is 4.79 Å². The average Bonchev–Trinajstić information content (AvgIpc) is 2.35. The summed E-state index contributed by atoms with van der Waals surface area (Å²) in [6.45, 7) is 3.64. The van der Waals surface area contributed by atoms with Crippen molar-refractivity contribution in [1.29, 1.82) is 0 Å². The fourth-order valence-corrected chi connectivity index (χ4v) is 2.17. The molecular weight excluding hydrogens is 292 g/mol. The predicted octanol–water partition coefficient (Wildman–Crippen LogP) is 3.28. The van der Waals surface area contributed by atoms with Crippen molar-refractivity contribution in [2.45, 2.75) is 20.3 Å². The van der Waals surface area contributed by atoms with E-state index in [-0.39, 0.29) is 5.78 Å². The summed E-state index contributed by atoms with van der Waals surface area (Å²) in [5.41, 5.74) is 3.07. The van der Waals surface area contributed by atoms with Gasteiger partial charge in [0.05, 0.1) is 11.4 Å². The van der Waals surface area contributed by atoms with Crippen molar-refractivity contribution in [2.24, 2.45) is 0 Å². The Balaban J connectivity index is 2.28. The number of hydrogen-bond donors (Lipinski definition) is 0. The van der Waals surface area contributed by atoms with Gasteiger partial charge in [-0.25, -0.2) is 0 Å². The Morgan fingerprint density at radius 2 is 1.94 bits per heavy atom. The molecule has 0 saturated carbocycles. The summed E-state index contributed by atoms with van der Waals surface area (Å²) in [5.74, 6) is 0.0670. The van der Waals surface area contributed by atoms with Crippen molar-refractivity contribution < 1.29 is 4.79 Å². The van der Waals surface area contributed by atoms with E-state index in [1.54, 1.807) is 13.0 Å². The highest BCUT2D eigenvalue weighted by molar-refractivity contribution is 9.10. The van der Waals surface area contributed by atoms with Gasteiger partial charge in [0.25, 0.3) is 0 Å². The zero-order valence-electron chi connectivity index (χ0n) is 10.3. The number of carbonyl (C=O) groups is 1. The molecule has 1 aromatic carbocycles. The molecule has 0 aliphatic heterocycles. The fourth-order valence-electron chi connectivity index (χ4n) is 1.74. The molecular formula is C14H13BrN2O. The monoisotopic (exact) mass is 304 g/mol. The number of ketones is 1. The molecule has 3 nitrogen and oxygen atoms in total. The minimum atomic E-state index is 0.0670. The SMILES string of the molecule is Cc1cc(C(=O)Cc2ccccc2Br)c(C)nn1. The van der Waals surface area contributed by atoms with Crippen LogP contribution >= 0.6 is 15.9 Å². The molecule has 0 spiro atoms. The van der Waals surface area contributed by atoms with E-state index >= 15 is 0 Å². The van der Waals surface area contributed by atoms with Gasteiger partial charge in [-0.2, -0.15) is 10.2 Å². The molecule has 0 aliphatic carbocycles. The zero-order valence-corrected chi connectivity index (χ0v) is 11.9. The van der Waals surface area contributed by atoms with Crippen LogP contribution in [0.5, 0.6) is 0 Å². The van der Waals surface area contributed by atoms with Gasteiger partial charge in [-0.05, 0) is 31.5 Å². The molecule has 0 aliphatic rings. The van der Waals surface area contributed by atoms with Crippen molar-refractivity contribution in [3.8, 4) is 0 Å². The summed E-state index contributed by atoms with van der Waals surface area (Å²) in [6.07, 6.45) is 0.368. The van der Waals surface area contributed by atoms with Gasteiger partial charge in [0, 0.05) is 16.5 Å². The first-order valence-electron chi connectivity index (χ1n) is 5.65. The molecule has 2 rings (SSSR count). The molecule has 0 radical (unpaired) electrons. The smallest absolute Gasteiger partial charge is 0.169 e. The predicted molar refractivity (Wildman–Crippen MR) is 73.7 cm³/mol. The number of carbonyl (C=O) groups excluding carboxylic acids is 1. The van der Waals surface area contributed by atoms with E-state index in [1.807, 2.05) is 31.2 Å². The summed E-state index contributed by atoms with van der Waals surface area (Å²) < 4.78 is 0.953. The maximum Gasteiger partial charge on any atom is 0.169 e. The van der Waals surface area contributed by atoms with Gasteiger partial charge in [-0.15, -0.1) is 0 Å². The highest BCUT2D eigenvalue weighted by Gasteiger charge is 2.13. The van der Waals surface area contributed by atoms with Crippen LogP contribution in [-0.2, 0) is 6.42 Å². The molecule has 0 N–H and O–H groups in total. The van der Waals surface area contributed by atoms with Crippen LogP contribution in [-0.4, -0.2) is 16.0 Å². The van der Waals surface area contributed by atoms with Gasteiger partial charge in [0.1, 0.15) is 0 Å². The second kappa shape index (κ2) is 5.40. The van der Waals surface area contributed by atoms with Gasteiger partial charge in [0.2, 0.25) is 0 Å². The molecule has 92 valence electrons. The first-order chi connectivity index (χ1) is 8.58. The lowest BCUT2D eigenvalue weighted by molar-refractivity contribution is 0.0991. The van der Waals surface area contributed by atoms with E-state index < -0.39 is 0 Å². The maximum atomic E-state index is 12.3.